The third-order valence-electron chi connectivity index (χ3n) is 1.68. The Morgan fingerprint density at radius 1 is 1.43 bits per heavy atom. The summed E-state index contributed by atoms with van der Waals surface area (Å²) in [5.74, 6) is 0.0819. The lowest BCUT2D eigenvalue weighted by Gasteiger charge is -2.05. The van der Waals surface area contributed by atoms with Crippen molar-refractivity contribution >= 4 is 5.91 Å². The maximum Gasteiger partial charge on any atom is 0.220 e. The zero-order chi connectivity index (χ0) is 10.6. The molecule has 0 aromatic rings. The predicted octanol–water partition coefficient (Wildman–Crippen LogP) is 0.305. The summed E-state index contributed by atoms with van der Waals surface area (Å²) in [6.45, 7) is 6.52. The summed E-state index contributed by atoms with van der Waals surface area (Å²) in [5, 5.41) is 5.94. The quantitative estimate of drug-likeness (QED) is 0.416. The fraction of sp³-hybridized carbons (Fsp3) is 0.700. The molecule has 4 heteroatoms. The second-order valence-electron chi connectivity index (χ2n) is 2.92. The molecule has 0 spiro atoms. The van der Waals surface area contributed by atoms with Crippen molar-refractivity contribution in [2.24, 2.45) is 0 Å². The van der Waals surface area contributed by atoms with Gasteiger partial charge in [0, 0.05) is 33.2 Å². The molecular formula is C10H20N2O2. The number of carbonyl (C=O) groups is 1. The third-order valence-corrected chi connectivity index (χ3v) is 1.68. The average Bonchev–Trinajstić information content (AvgIpc) is 2.20. The molecule has 4 nitrogen and oxygen atoms in total. The lowest BCUT2D eigenvalue weighted by atomic mass is 10.3. The molecule has 0 bridgehead atoms. The second kappa shape index (κ2) is 10.2. The van der Waals surface area contributed by atoms with Crippen molar-refractivity contribution in [3.8, 4) is 0 Å². The van der Waals surface area contributed by atoms with E-state index in [-0.39, 0.29) is 5.91 Å². The van der Waals surface area contributed by atoms with Crippen molar-refractivity contribution in [3.05, 3.63) is 12.7 Å². The summed E-state index contributed by atoms with van der Waals surface area (Å²) in [6, 6.07) is 0. The van der Waals surface area contributed by atoms with Crippen molar-refractivity contribution in [1.29, 1.82) is 0 Å². The van der Waals surface area contributed by atoms with Crippen LogP contribution in [0, 0.1) is 0 Å². The highest BCUT2D eigenvalue weighted by Gasteiger charge is 1.97. The van der Waals surface area contributed by atoms with E-state index in [0.717, 1.165) is 19.5 Å². The molecule has 2 N–H and O–H groups in total. The fourth-order valence-electron chi connectivity index (χ4n) is 0.911. The summed E-state index contributed by atoms with van der Waals surface area (Å²) in [5.41, 5.74) is 0. The molecule has 0 aliphatic rings. The molecule has 1 amide bonds. The molecule has 0 saturated carbocycles. The number of nitrogens with one attached hydrogen (secondary N) is 2. The average molecular weight is 200 g/mol. The van der Waals surface area contributed by atoms with Crippen LogP contribution in [0.5, 0.6) is 0 Å². The lowest BCUT2D eigenvalue weighted by molar-refractivity contribution is -0.120. The summed E-state index contributed by atoms with van der Waals surface area (Å²) in [4.78, 5) is 11.1. The minimum Gasteiger partial charge on any atom is -0.383 e. The van der Waals surface area contributed by atoms with E-state index in [1.807, 2.05) is 0 Å². The van der Waals surface area contributed by atoms with E-state index in [4.69, 9.17) is 4.74 Å². The number of allylic oxidation sites excluding steroid dienone is 1. The van der Waals surface area contributed by atoms with Gasteiger partial charge in [-0.15, -0.1) is 6.58 Å². The molecule has 0 heterocycles. The van der Waals surface area contributed by atoms with Crippen LogP contribution < -0.4 is 10.6 Å². The van der Waals surface area contributed by atoms with Gasteiger partial charge in [-0.2, -0.15) is 0 Å². The fourth-order valence-corrected chi connectivity index (χ4v) is 0.911. The lowest BCUT2D eigenvalue weighted by Crippen LogP contribution is -2.32. The van der Waals surface area contributed by atoms with Crippen LogP contribution in [0.3, 0.4) is 0 Å². The van der Waals surface area contributed by atoms with Gasteiger partial charge in [0.25, 0.3) is 0 Å². The summed E-state index contributed by atoms with van der Waals surface area (Å²) < 4.78 is 4.86. The Bertz CT molecular complexity index is 160. The topological polar surface area (TPSA) is 50.4 Å². The van der Waals surface area contributed by atoms with Gasteiger partial charge in [-0.25, -0.2) is 0 Å². The Morgan fingerprint density at radius 2 is 2.21 bits per heavy atom. The number of rotatable bonds is 9. The highest BCUT2D eigenvalue weighted by Crippen LogP contribution is 1.87. The first-order chi connectivity index (χ1) is 6.81. The van der Waals surface area contributed by atoms with Crippen molar-refractivity contribution in [2.45, 2.75) is 12.8 Å². The van der Waals surface area contributed by atoms with E-state index >= 15 is 0 Å². The zero-order valence-corrected chi connectivity index (χ0v) is 8.84. The van der Waals surface area contributed by atoms with E-state index in [2.05, 4.69) is 17.2 Å². The Labute approximate surface area is 85.7 Å². The molecule has 0 aliphatic carbocycles. The van der Waals surface area contributed by atoms with Crippen molar-refractivity contribution < 1.29 is 9.53 Å². The SMILES string of the molecule is C=CCCC(=O)NCCNCCOC. The second-order valence-corrected chi connectivity index (χ2v) is 2.92. The summed E-state index contributed by atoms with van der Waals surface area (Å²) in [6.07, 6.45) is 3.01. The van der Waals surface area contributed by atoms with Crippen LogP contribution in [0.4, 0.5) is 0 Å². The standard InChI is InChI=1S/C10H20N2O2/c1-3-4-5-10(13)12-7-6-11-8-9-14-2/h3,11H,1,4-9H2,2H3,(H,12,13). The molecule has 0 aliphatic heterocycles. The number of methoxy groups -OCH3 is 1. The van der Waals surface area contributed by atoms with Crippen LogP contribution in [-0.2, 0) is 9.53 Å². The Morgan fingerprint density at radius 3 is 2.86 bits per heavy atom. The van der Waals surface area contributed by atoms with Crippen molar-refractivity contribution in [3.63, 3.8) is 0 Å². The van der Waals surface area contributed by atoms with E-state index < -0.39 is 0 Å². The zero-order valence-electron chi connectivity index (χ0n) is 8.84. The number of hydrogen-bond acceptors (Lipinski definition) is 3. The number of amides is 1. The maximum absolute atomic E-state index is 11.1. The molecule has 0 rings (SSSR count). The largest absolute Gasteiger partial charge is 0.383 e. The number of ether oxygens (including phenoxy) is 1. The summed E-state index contributed by atoms with van der Waals surface area (Å²) >= 11 is 0. The van der Waals surface area contributed by atoms with Crippen molar-refractivity contribution in [2.75, 3.05) is 33.4 Å². The van der Waals surface area contributed by atoms with Gasteiger partial charge < -0.3 is 15.4 Å². The third kappa shape index (κ3) is 9.22. The summed E-state index contributed by atoms with van der Waals surface area (Å²) in [7, 11) is 1.67. The van der Waals surface area contributed by atoms with E-state index in [0.29, 0.717) is 19.6 Å². The van der Waals surface area contributed by atoms with E-state index in [1.165, 1.54) is 0 Å². The van der Waals surface area contributed by atoms with Gasteiger partial charge in [-0.3, -0.25) is 4.79 Å². The Kier molecular flexibility index (Phi) is 9.58. The smallest absolute Gasteiger partial charge is 0.220 e. The molecule has 0 fully saturated rings. The molecule has 0 aromatic heterocycles. The first-order valence-electron chi connectivity index (χ1n) is 4.88. The maximum atomic E-state index is 11.1. The number of carbonyl (C=O) groups excluding carboxylic acids is 1. The van der Waals surface area contributed by atoms with Gasteiger partial charge in [0.05, 0.1) is 6.61 Å². The Hall–Kier alpha value is -0.870. The molecular weight excluding hydrogens is 180 g/mol. The molecule has 82 valence electrons. The van der Waals surface area contributed by atoms with Gasteiger partial charge in [0.15, 0.2) is 0 Å². The van der Waals surface area contributed by atoms with Gasteiger partial charge in [-0.1, -0.05) is 6.08 Å². The van der Waals surface area contributed by atoms with E-state index in [9.17, 15) is 4.79 Å². The van der Waals surface area contributed by atoms with Crippen LogP contribution >= 0.6 is 0 Å². The van der Waals surface area contributed by atoms with Gasteiger partial charge >= 0.3 is 0 Å². The monoisotopic (exact) mass is 200 g/mol. The van der Waals surface area contributed by atoms with Crippen LogP contribution in [-0.4, -0.2) is 39.3 Å². The first kappa shape index (κ1) is 13.1. The Balaban J connectivity index is 3.10. The van der Waals surface area contributed by atoms with Gasteiger partial charge in [0.2, 0.25) is 5.91 Å². The first-order valence-corrected chi connectivity index (χ1v) is 4.88. The molecule has 14 heavy (non-hydrogen) atoms. The molecule has 0 saturated heterocycles. The van der Waals surface area contributed by atoms with Crippen LogP contribution in [0.2, 0.25) is 0 Å². The minimum absolute atomic E-state index is 0.0819. The normalized spacial score (nSPS) is 9.79. The molecule has 0 aromatic carbocycles. The molecule has 0 radical (unpaired) electrons. The highest BCUT2D eigenvalue weighted by atomic mass is 16.5. The van der Waals surface area contributed by atoms with Gasteiger partial charge in [-0.05, 0) is 6.42 Å². The minimum atomic E-state index is 0.0819. The van der Waals surface area contributed by atoms with Crippen LogP contribution in [0.1, 0.15) is 12.8 Å². The molecule has 0 unspecified atom stereocenters. The highest BCUT2D eigenvalue weighted by molar-refractivity contribution is 5.75. The molecule has 0 atom stereocenters. The van der Waals surface area contributed by atoms with Crippen LogP contribution in [0.25, 0.3) is 0 Å². The van der Waals surface area contributed by atoms with Crippen LogP contribution in [0.15, 0.2) is 12.7 Å². The number of hydrogen-bond donors (Lipinski definition) is 2. The predicted molar refractivity (Wildman–Crippen MR) is 57.2 cm³/mol. The van der Waals surface area contributed by atoms with Crippen molar-refractivity contribution in [1.82, 2.24) is 10.6 Å². The van der Waals surface area contributed by atoms with Gasteiger partial charge in [0.1, 0.15) is 0 Å². The van der Waals surface area contributed by atoms with E-state index in [1.54, 1.807) is 13.2 Å².